The summed E-state index contributed by atoms with van der Waals surface area (Å²) in [5.74, 6) is 0.322. The third-order valence-electron chi connectivity index (χ3n) is 3.85. The molecule has 0 aliphatic rings. The molecule has 0 unspecified atom stereocenters. The molecule has 1 heteroatoms. The van der Waals surface area contributed by atoms with Gasteiger partial charge in [0.2, 0.25) is 0 Å². The fourth-order valence-electron chi connectivity index (χ4n) is 2.65. The average molecular weight is 324 g/mol. The molecule has 4 aromatic rings. The van der Waals surface area contributed by atoms with Crippen molar-refractivity contribution in [1.82, 2.24) is 0 Å². The van der Waals surface area contributed by atoms with Crippen LogP contribution in [0.1, 0.15) is 0 Å². The molecule has 0 aliphatic carbocycles. The summed E-state index contributed by atoms with van der Waals surface area (Å²) in [5, 5.41) is 8.63. The van der Waals surface area contributed by atoms with Gasteiger partial charge in [0.05, 0.1) is 0 Å². The molecule has 0 fully saturated rings. The third-order valence-corrected chi connectivity index (χ3v) is 3.85. The molecule has 0 atom stereocenters. The summed E-state index contributed by atoms with van der Waals surface area (Å²) in [6.07, 6.45) is 0. The van der Waals surface area contributed by atoms with Crippen LogP contribution in [0.5, 0.6) is 5.75 Å². The molecule has 1 nitrogen and oxygen atoms in total. The second-order valence-electron chi connectivity index (χ2n) is 5.61. The zero-order valence-corrected chi connectivity index (χ0v) is 13.9. The standard InChI is InChI=1S/C18H14.C6H6O/c1-3-9-15(10-4-1)17-13-7-8-14-18(17)16-11-5-2-6-12-16;7-6-4-2-1-3-5-6/h1-14H;1-5,7H. The quantitative estimate of drug-likeness (QED) is 0.451. The molecular weight excluding hydrogens is 304 g/mol. The Morgan fingerprint density at radius 3 is 1.00 bits per heavy atom. The maximum absolute atomic E-state index is 8.63. The Kier molecular flexibility index (Phi) is 5.63. The smallest absolute Gasteiger partial charge is 0.115 e. The van der Waals surface area contributed by atoms with Gasteiger partial charge in [-0.05, 0) is 34.4 Å². The van der Waals surface area contributed by atoms with E-state index in [0.717, 1.165) is 0 Å². The first-order valence-corrected chi connectivity index (χ1v) is 8.28. The number of aromatic hydroxyl groups is 1. The number of hydrogen-bond donors (Lipinski definition) is 1. The minimum Gasteiger partial charge on any atom is -0.508 e. The summed E-state index contributed by atoms with van der Waals surface area (Å²) in [7, 11) is 0. The van der Waals surface area contributed by atoms with Gasteiger partial charge in [-0.2, -0.15) is 0 Å². The predicted octanol–water partition coefficient (Wildman–Crippen LogP) is 6.41. The van der Waals surface area contributed by atoms with Crippen molar-refractivity contribution in [2.75, 3.05) is 0 Å². The van der Waals surface area contributed by atoms with E-state index in [1.807, 2.05) is 6.07 Å². The summed E-state index contributed by atoms with van der Waals surface area (Å²) in [4.78, 5) is 0. The van der Waals surface area contributed by atoms with Crippen molar-refractivity contribution in [3.8, 4) is 28.0 Å². The molecular formula is C24H20O. The molecule has 0 radical (unpaired) electrons. The molecule has 122 valence electrons. The van der Waals surface area contributed by atoms with Crippen molar-refractivity contribution in [3.63, 3.8) is 0 Å². The number of rotatable bonds is 2. The summed E-state index contributed by atoms with van der Waals surface area (Å²) in [5.41, 5.74) is 5.09. The van der Waals surface area contributed by atoms with Crippen LogP contribution in [0.2, 0.25) is 0 Å². The number of phenols is 1. The summed E-state index contributed by atoms with van der Waals surface area (Å²) in [6, 6.07) is 38.3. The fourth-order valence-corrected chi connectivity index (χ4v) is 2.65. The average Bonchev–Trinajstić information content (AvgIpc) is 2.70. The largest absolute Gasteiger partial charge is 0.508 e. The molecule has 25 heavy (non-hydrogen) atoms. The van der Waals surface area contributed by atoms with E-state index in [0.29, 0.717) is 5.75 Å². The van der Waals surface area contributed by atoms with Crippen LogP contribution in [0.25, 0.3) is 22.3 Å². The molecule has 0 aromatic heterocycles. The van der Waals surface area contributed by atoms with Gasteiger partial charge in [0, 0.05) is 0 Å². The highest BCUT2D eigenvalue weighted by atomic mass is 16.3. The van der Waals surface area contributed by atoms with Crippen LogP contribution in [-0.2, 0) is 0 Å². The van der Waals surface area contributed by atoms with Crippen LogP contribution in [0.4, 0.5) is 0 Å². The molecule has 1 N–H and O–H groups in total. The maximum atomic E-state index is 8.63. The van der Waals surface area contributed by atoms with Gasteiger partial charge < -0.3 is 5.11 Å². The van der Waals surface area contributed by atoms with Gasteiger partial charge in [-0.25, -0.2) is 0 Å². The lowest BCUT2D eigenvalue weighted by molar-refractivity contribution is 0.475. The SMILES string of the molecule is Oc1ccccc1.c1ccc(-c2ccccc2-c2ccccc2)cc1. The Hall–Kier alpha value is -3.32. The van der Waals surface area contributed by atoms with Gasteiger partial charge in [-0.1, -0.05) is 103 Å². The molecule has 0 heterocycles. The predicted molar refractivity (Wildman–Crippen MR) is 105 cm³/mol. The molecule has 0 amide bonds. The Labute approximate surface area is 148 Å². The number of para-hydroxylation sites is 1. The van der Waals surface area contributed by atoms with Crippen LogP contribution in [0.3, 0.4) is 0 Å². The van der Waals surface area contributed by atoms with E-state index in [9.17, 15) is 0 Å². The molecule has 0 saturated heterocycles. The number of benzene rings is 4. The summed E-state index contributed by atoms with van der Waals surface area (Å²) < 4.78 is 0. The Bertz CT molecular complexity index is 826. The minimum atomic E-state index is 0.322. The van der Waals surface area contributed by atoms with Crippen LogP contribution in [0, 0.1) is 0 Å². The number of phenolic OH excluding ortho intramolecular Hbond substituents is 1. The Morgan fingerprint density at radius 1 is 0.360 bits per heavy atom. The first-order chi connectivity index (χ1) is 12.3. The Balaban J connectivity index is 0.000000219. The lowest BCUT2D eigenvalue weighted by Crippen LogP contribution is -1.83. The van der Waals surface area contributed by atoms with Gasteiger partial charge in [-0.15, -0.1) is 0 Å². The normalized spacial score (nSPS) is 9.76. The van der Waals surface area contributed by atoms with E-state index >= 15 is 0 Å². The van der Waals surface area contributed by atoms with Crippen LogP contribution >= 0.6 is 0 Å². The van der Waals surface area contributed by atoms with Crippen molar-refractivity contribution in [2.45, 2.75) is 0 Å². The topological polar surface area (TPSA) is 20.2 Å². The van der Waals surface area contributed by atoms with E-state index in [4.69, 9.17) is 5.11 Å². The molecule has 4 aromatic carbocycles. The third kappa shape index (κ3) is 4.58. The Morgan fingerprint density at radius 2 is 0.680 bits per heavy atom. The minimum absolute atomic E-state index is 0.322. The molecule has 0 saturated carbocycles. The van der Waals surface area contributed by atoms with Gasteiger partial charge in [-0.3, -0.25) is 0 Å². The van der Waals surface area contributed by atoms with Crippen molar-refractivity contribution >= 4 is 0 Å². The van der Waals surface area contributed by atoms with E-state index in [-0.39, 0.29) is 0 Å². The lowest BCUT2D eigenvalue weighted by Gasteiger charge is -2.09. The van der Waals surface area contributed by atoms with Crippen LogP contribution in [-0.4, -0.2) is 5.11 Å². The van der Waals surface area contributed by atoms with E-state index in [2.05, 4.69) is 84.9 Å². The van der Waals surface area contributed by atoms with Gasteiger partial charge in [0.15, 0.2) is 0 Å². The summed E-state index contributed by atoms with van der Waals surface area (Å²) >= 11 is 0. The molecule has 4 rings (SSSR count). The van der Waals surface area contributed by atoms with Crippen molar-refractivity contribution < 1.29 is 5.11 Å². The highest BCUT2D eigenvalue weighted by Crippen LogP contribution is 2.31. The van der Waals surface area contributed by atoms with Crippen molar-refractivity contribution in [2.24, 2.45) is 0 Å². The highest BCUT2D eigenvalue weighted by Gasteiger charge is 2.05. The van der Waals surface area contributed by atoms with Gasteiger partial charge in [0.1, 0.15) is 5.75 Å². The van der Waals surface area contributed by atoms with Crippen molar-refractivity contribution in [1.29, 1.82) is 0 Å². The van der Waals surface area contributed by atoms with Crippen LogP contribution < -0.4 is 0 Å². The first-order valence-electron chi connectivity index (χ1n) is 8.28. The van der Waals surface area contributed by atoms with Gasteiger partial charge >= 0.3 is 0 Å². The molecule has 0 aliphatic heterocycles. The summed E-state index contributed by atoms with van der Waals surface area (Å²) in [6.45, 7) is 0. The zero-order valence-electron chi connectivity index (χ0n) is 13.9. The van der Waals surface area contributed by atoms with Crippen molar-refractivity contribution in [3.05, 3.63) is 115 Å². The number of hydrogen-bond acceptors (Lipinski definition) is 1. The highest BCUT2D eigenvalue weighted by molar-refractivity contribution is 5.83. The lowest BCUT2D eigenvalue weighted by atomic mass is 9.95. The molecule has 0 spiro atoms. The monoisotopic (exact) mass is 324 g/mol. The van der Waals surface area contributed by atoms with Gasteiger partial charge in [0.25, 0.3) is 0 Å². The second-order valence-corrected chi connectivity index (χ2v) is 5.61. The van der Waals surface area contributed by atoms with E-state index < -0.39 is 0 Å². The first kappa shape index (κ1) is 16.5. The van der Waals surface area contributed by atoms with E-state index in [1.165, 1.54) is 22.3 Å². The fraction of sp³-hybridized carbons (Fsp3) is 0. The second kappa shape index (κ2) is 8.51. The van der Waals surface area contributed by atoms with Crippen LogP contribution in [0.15, 0.2) is 115 Å². The maximum Gasteiger partial charge on any atom is 0.115 e. The molecule has 0 bridgehead atoms. The van der Waals surface area contributed by atoms with E-state index in [1.54, 1.807) is 24.3 Å². The zero-order chi connectivity index (χ0) is 17.3.